The quantitative estimate of drug-likeness (QED) is 0.741. The van der Waals surface area contributed by atoms with Crippen molar-refractivity contribution in [3.05, 3.63) is 84.1 Å². The van der Waals surface area contributed by atoms with Crippen LogP contribution in [0.15, 0.2) is 72.9 Å². The topological polar surface area (TPSA) is 20.3 Å². The summed E-state index contributed by atoms with van der Waals surface area (Å²) in [6, 6.07) is 20.5. The Morgan fingerprint density at radius 2 is 1.35 bits per heavy atom. The highest BCUT2D eigenvalue weighted by molar-refractivity contribution is 5.87. The van der Waals surface area contributed by atoms with Gasteiger partial charge in [-0.3, -0.25) is 4.79 Å². The molecule has 0 atom stereocenters. The van der Waals surface area contributed by atoms with E-state index in [1.54, 1.807) is 13.0 Å². The molecule has 0 unspecified atom stereocenters. The van der Waals surface area contributed by atoms with Gasteiger partial charge in [0.2, 0.25) is 0 Å². The van der Waals surface area contributed by atoms with Crippen molar-refractivity contribution in [2.75, 3.05) is 0 Å². The summed E-state index contributed by atoms with van der Waals surface area (Å²) in [4.78, 5) is 13.3. The molecule has 0 bridgehead atoms. The lowest BCUT2D eigenvalue weighted by Gasteiger charge is -2.20. The number of ketones is 1. The van der Waals surface area contributed by atoms with E-state index in [1.807, 2.05) is 42.6 Å². The fourth-order valence-corrected chi connectivity index (χ4v) is 2.01. The molecule has 0 saturated carbocycles. The fraction of sp³-hybridized carbons (Fsp3) is 0.167. The molecule has 2 nitrogen and oxygen atoms in total. The predicted molar refractivity (Wildman–Crippen MR) is 82.0 cm³/mol. The van der Waals surface area contributed by atoms with Gasteiger partial charge in [-0.05, 0) is 24.1 Å². The van der Waals surface area contributed by atoms with Crippen LogP contribution in [0.3, 0.4) is 0 Å². The van der Waals surface area contributed by atoms with Gasteiger partial charge in [-0.15, -0.1) is 0 Å². The van der Waals surface area contributed by atoms with Gasteiger partial charge in [-0.25, -0.2) is 0 Å². The third-order valence-electron chi connectivity index (χ3n) is 2.98. The van der Waals surface area contributed by atoms with Crippen LogP contribution in [0.1, 0.15) is 18.1 Å². The average molecular weight is 265 g/mol. The molecule has 2 aromatic carbocycles. The van der Waals surface area contributed by atoms with Crippen LogP contribution in [0.4, 0.5) is 0 Å². The Kier molecular flexibility index (Phi) is 5.13. The van der Waals surface area contributed by atoms with E-state index in [2.05, 4.69) is 29.2 Å². The van der Waals surface area contributed by atoms with Gasteiger partial charge in [0.15, 0.2) is 5.78 Å². The molecule has 0 aliphatic heterocycles. The van der Waals surface area contributed by atoms with Crippen molar-refractivity contribution in [1.82, 2.24) is 4.90 Å². The van der Waals surface area contributed by atoms with E-state index >= 15 is 0 Å². The fourth-order valence-electron chi connectivity index (χ4n) is 2.01. The van der Waals surface area contributed by atoms with Gasteiger partial charge in [-0.1, -0.05) is 60.7 Å². The van der Waals surface area contributed by atoms with E-state index in [0.29, 0.717) is 0 Å². The molecule has 0 fully saturated rings. The lowest BCUT2D eigenvalue weighted by molar-refractivity contribution is -0.112. The van der Waals surface area contributed by atoms with Crippen molar-refractivity contribution in [2.24, 2.45) is 0 Å². The molecular weight excluding hydrogens is 246 g/mol. The van der Waals surface area contributed by atoms with Crippen LogP contribution in [0, 0.1) is 0 Å². The van der Waals surface area contributed by atoms with Crippen LogP contribution in [-0.2, 0) is 17.9 Å². The standard InChI is InChI=1S/C18H19NO/c1-16(20)12-13-19(14-17-8-4-2-5-9-17)15-18-10-6-3-7-11-18/h2-13H,14-15H2,1H3. The van der Waals surface area contributed by atoms with E-state index in [1.165, 1.54) is 11.1 Å². The summed E-state index contributed by atoms with van der Waals surface area (Å²) in [6.45, 7) is 3.15. The van der Waals surface area contributed by atoms with E-state index in [9.17, 15) is 4.79 Å². The van der Waals surface area contributed by atoms with Crippen LogP contribution in [0.5, 0.6) is 0 Å². The number of nitrogens with zero attached hydrogens (tertiary/aromatic N) is 1. The number of benzene rings is 2. The Labute approximate surface area is 120 Å². The maximum atomic E-state index is 11.1. The summed E-state index contributed by atoms with van der Waals surface area (Å²) < 4.78 is 0. The molecule has 0 aliphatic carbocycles. The normalized spacial score (nSPS) is 10.7. The Balaban J connectivity index is 2.10. The van der Waals surface area contributed by atoms with Crippen molar-refractivity contribution in [3.63, 3.8) is 0 Å². The highest BCUT2D eigenvalue weighted by atomic mass is 16.1. The highest BCUT2D eigenvalue weighted by Crippen LogP contribution is 2.10. The number of carbonyl (C=O) groups is 1. The molecule has 2 rings (SSSR count). The molecule has 0 aromatic heterocycles. The molecule has 20 heavy (non-hydrogen) atoms. The Morgan fingerprint density at radius 1 is 0.900 bits per heavy atom. The van der Waals surface area contributed by atoms with Crippen molar-refractivity contribution in [3.8, 4) is 0 Å². The van der Waals surface area contributed by atoms with E-state index in [-0.39, 0.29) is 5.78 Å². The van der Waals surface area contributed by atoms with Gasteiger partial charge in [0.1, 0.15) is 0 Å². The average Bonchev–Trinajstić information content (AvgIpc) is 2.47. The van der Waals surface area contributed by atoms with Gasteiger partial charge >= 0.3 is 0 Å². The first-order valence-electron chi connectivity index (χ1n) is 6.75. The number of rotatable bonds is 6. The molecule has 0 N–H and O–H groups in total. The molecule has 0 radical (unpaired) electrons. The molecule has 0 spiro atoms. The molecule has 102 valence electrons. The van der Waals surface area contributed by atoms with Crippen LogP contribution in [0.2, 0.25) is 0 Å². The van der Waals surface area contributed by atoms with Crippen LogP contribution < -0.4 is 0 Å². The third-order valence-corrected chi connectivity index (χ3v) is 2.98. The Bertz CT molecular complexity index is 519. The maximum absolute atomic E-state index is 11.1. The summed E-state index contributed by atoms with van der Waals surface area (Å²) >= 11 is 0. The van der Waals surface area contributed by atoms with Crippen molar-refractivity contribution in [2.45, 2.75) is 20.0 Å². The zero-order chi connectivity index (χ0) is 14.2. The van der Waals surface area contributed by atoms with Crippen LogP contribution in [0.25, 0.3) is 0 Å². The first-order chi connectivity index (χ1) is 9.74. The maximum Gasteiger partial charge on any atom is 0.154 e. The minimum absolute atomic E-state index is 0.0659. The monoisotopic (exact) mass is 265 g/mol. The second kappa shape index (κ2) is 7.29. The Hall–Kier alpha value is -2.35. The molecule has 0 amide bonds. The minimum Gasteiger partial charge on any atom is -0.369 e. The van der Waals surface area contributed by atoms with Gasteiger partial charge in [-0.2, -0.15) is 0 Å². The van der Waals surface area contributed by atoms with Gasteiger partial charge < -0.3 is 4.90 Å². The minimum atomic E-state index is 0.0659. The van der Waals surface area contributed by atoms with E-state index < -0.39 is 0 Å². The van der Waals surface area contributed by atoms with E-state index in [4.69, 9.17) is 0 Å². The SMILES string of the molecule is CC(=O)C=CN(Cc1ccccc1)Cc1ccccc1. The molecule has 0 saturated heterocycles. The summed E-state index contributed by atoms with van der Waals surface area (Å²) in [6.07, 6.45) is 3.49. The third kappa shape index (κ3) is 4.73. The first kappa shape index (κ1) is 14.1. The molecule has 0 heterocycles. The van der Waals surface area contributed by atoms with Crippen molar-refractivity contribution in [1.29, 1.82) is 0 Å². The number of hydrogen-bond acceptors (Lipinski definition) is 2. The highest BCUT2D eigenvalue weighted by Gasteiger charge is 2.02. The second-order valence-corrected chi connectivity index (χ2v) is 4.80. The zero-order valence-corrected chi connectivity index (χ0v) is 11.7. The smallest absolute Gasteiger partial charge is 0.154 e. The largest absolute Gasteiger partial charge is 0.369 e. The van der Waals surface area contributed by atoms with E-state index in [0.717, 1.165) is 13.1 Å². The van der Waals surface area contributed by atoms with Crippen molar-refractivity contribution >= 4 is 5.78 Å². The van der Waals surface area contributed by atoms with Crippen molar-refractivity contribution < 1.29 is 4.79 Å². The zero-order valence-electron chi connectivity index (χ0n) is 11.7. The first-order valence-corrected chi connectivity index (χ1v) is 6.75. The number of hydrogen-bond donors (Lipinski definition) is 0. The predicted octanol–water partition coefficient (Wildman–Crippen LogP) is 3.79. The molecular formula is C18H19NO. The lowest BCUT2D eigenvalue weighted by atomic mass is 10.2. The summed E-state index contributed by atoms with van der Waals surface area (Å²) in [5.41, 5.74) is 2.47. The van der Waals surface area contributed by atoms with Crippen LogP contribution in [-0.4, -0.2) is 10.7 Å². The molecule has 2 heteroatoms. The summed E-state index contributed by atoms with van der Waals surface area (Å²) in [5, 5.41) is 0. The summed E-state index contributed by atoms with van der Waals surface area (Å²) in [5.74, 6) is 0.0659. The molecule has 2 aromatic rings. The lowest BCUT2D eigenvalue weighted by Crippen LogP contribution is -2.16. The Morgan fingerprint density at radius 3 is 1.75 bits per heavy atom. The molecule has 0 aliphatic rings. The van der Waals surface area contributed by atoms with Gasteiger partial charge in [0.25, 0.3) is 0 Å². The second-order valence-electron chi connectivity index (χ2n) is 4.80. The van der Waals surface area contributed by atoms with Gasteiger partial charge in [0.05, 0.1) is 0 Å². The van der Waals surface area contributed by atoms with Gasteiger partial charge in [0, 0.05) is 19.3 Å². The number of allylic oxidation sites excluding steroid dienone is 1. The van der Waals surface area contributed by atoms with Crippen LogP contribution >= 0.6 is 0 Å². The summed E-state index contributed by atoms with van der Waals surface area (Å²) in [7, 11) is 0. The number of carbonyl (C=O) groups excluding carboxylic acids is 1.